The first-order valence-electron chi connectivity index (χ1n) is 8.85. The maximum Gasteiger partial charge on any atom is 0.332 e. The van der Waals surface area contributed by atoms with Crippen molar-refractivity contribution in [2.24, 2.45) is 0 Å². The number of rotatable bonds is 3. The van der Waals surface area contributed by atoms with Gasteiger partial charge in [-0.3, -0.25) is 9.80 Å². The molecule has 1 saturated heterocycles. The molecule has 0 bridgehead atoms. The molecule has 28 heavy (non-hydrogen) atoms. The number of carbonyl (C=O) groups excluding carboxylic acids is 1. The van der Waals surface area contributed by atoms with Gasteiger partial charge in [0.05, 0.1) is 6.04 Å². The van der Waals surface area contributed by atoms with Crippen LogP contribution in [0.5, 0.6) is 0 Å². The molecule has 0 aliphatic carbocycles. The molecule has 3 aromatic carbocycles. The van der Waals surface area contributed by atoms with Crippen molar-refractivity contribution in [2.45, 2.75) is 18.7 Å². The van der Waals surface area contributed by atoms with Crippen molar-refractivity contribution in [3.63, 3.8) is 0 Å². The predicted octanol–water partition coefficient (Wildman–Crippen LogP) is 5.89. The van der Waals surface area contributed by atoms with Crippen LogP contribution in [0.15, 0.2) is 87.8 Å². The number of hydrogen-bond acceptors (Lipinski definition) is 2. The van der Waals surface area contributed by atoms with E-state index in [2.05, 4.69) is 31.9 Å². The fourth-order valence-corrected chi connectivity index (χ4v) is 4.20. The molecule has 1 fully saturated rings. The zero-order chi connectivity index (χ0) is 19.9. The first kappa shape index (κ1) is 19.2. The number of benzene rings is 3. The van der Waals surface area contributed by atoms with E-state index in [1.54, 1.807) is 4.90 Å². The van der Waals surface area contributed by atoms with Crippen molar-refractivity contribution in [2.75, 3.05) is 9.80 Å². The minimum absolute atomic E-state index is 0.275. The molecule has 2 amide bonds. The minimum atomic E-state index is -1.51. The summed E-state index contributed by atoms with van der Waals surface area (Å²) in [6.45, 7) is 1.87. The summed E-state index contributed by atoms with van der Waals surface area (Å²) in [6.07, 6.45) is 0. The Kier molecular flexibility index (Phi) is 5.04. The summed E-state index contributed by atoms with van der Waals surface area (Å²) in [7, 11) is 0. The Labute approximate surface area is 180 Å². The van der Waals surface area contributed by atoms with E-state index in [-0.39, 0.29) is 6.03 Å². The van der Waals surface area contributed by atoms with Crippen LogP contribution in [0.4, 0.5) is 16.2 Å². The number of hydrogen-bond donors (Lipinski definition) is 1. The topological polar surface area (TPSA) is 43.8 Å². The number of carbonyl (C=O) groups is 1. The smallest absolute Gasteiger partial charge is 0.332 e. The van der Waals surface area contributed by atoms with E-state index in [0.29, 0.717) is 11.3 Å². The van der Waals surface area contributed by atoms with Gasteiger partial charge >= 0.3 is 6.03 Å². The van der Waals surface area contributed by atoms with E-state index in [1.165, 1.54) is 4.90 Å². The number of nitrogens with zero attached hydrogens (tertiary/aromatic N) is 2. The van der Waals surface area contributed by atoms with Crippen LogP contribution in [0.25, 0.3) is 0 Å². The van der Waals surface area contributed by atoms with Crippen molar-refractivity contribution < 1.29 is 9.90 Å². The molecule has 142 valence electrons. The van der Waals surface area contributed by atoms with Gasteiger partial charge in [-0.25, -0.2) is 4.79 Å². The fourth-order valence-electron chi connectivity index (χ4n) is 3.67. The summed E-state index contributed by atoms with van der Waals surface area (Å²) >= 11 is 6.86. The van der Waals surface area contributed by atoms with E-state index in [1.807, 2.05) is 85.8 Å². The van der Waals surface area contributed by atoms with Crippen LogP contribution in [0, 0.1) is 0 Å². The summed E-state index contributed by atoms with van der Waals surface area (Å²) < 4.78 is 1.84. The highest BCUT2D eigenvalue weighted by atomic mass is 79.9. The number of amides is 2. The van der Waals surface area contributed by atoms with Crippen molar-refractivity contribution in [1.82, 2.24) is 0 Å². The Balaban J connectivity index is 1.89. The maximum atomic E-state index is 13.5. The molecule has 6 heteroatoms. The van der Waals surface area contributed by atoms with Gasteiger partial charge in [-0.2, -0.15) is 0 Å². The quantitative estimate of drug-likeness (QED) is 0.486. The average Bonchev–Trinajstić information content (AvgIpc) is 2.91. The third-order valence-corrected chi connectivity index (χ3v) is 6.15. The molecule has 2 unspecified atom stereocenters. The van der Waals surface area contributed by atoms with Gasteiger partial charge in [0.15, 0.2) is 5.72 Å². The third-order valence-electron chi connectivity index (χ3n) is 5.10. The second kappa shape index (κ2) is 7.35. The lowest BCUT2D eigenvalue weighted by Gasteiger charge is -2.35. The van der Waals surface area contributed by atoms with E-state index >= 15 is 0 Å². The third kappa shape index (κ3) is 3.05. The lowest BCUT2D eigenvalue weighted by Crippen LogP contribution is -2.48. The maximum absolute atomic E-state index is 13.5. The number of anilines is 2. The van der Waals surface area contributed by atoms with Gasteiger partial charge < -0.3 is 5.11 Å². The van der Waals surface area contributed by atoms with Crippen molar-refractivity contribution in [3.8, 4) is 0 Å². The van der Waals surface area contributed by atoms with E-state index in [0.717, 1.165) is 14.6 Å². The van der Waals surface area contributed by atoms with Crippen LogP contribution in [0.3, 0.4) is 0 Å². The van der Waals surface area contributed by atoms with Crippen molar-refractivity contribution >= 4 is 49.3 Å². The molecule has 1 aliphatic heterocycles. The zero-order valence-electron chi connectivity index (χ0n) is 15.1. The number of aliphatic hydroxyl groups is 1. The minimum Gasteiger partial charge on any atom is -0.365 e. The molecule has 4 rings (SSSR count). The molecule has 2 atom stereocenters. The zero-order valence-corrected chi connectivity index (χ0v) is 18.3. The Morgan fingerprint density at radius 2 is 1.32 bits per heavy atom. The highest BCUT2D eigenvalue weighted by molar-refractivity contribution is 9.10. The summed E-state index contributed by atoms with van der Waals surface area (Å²) in [5.74, 6) is 0. The summed E-state index contributed by atoms with van der Waals surface area (Å²) in [5, 5.41) is 11.9. The Morgan fingerprint density at radius 3 is 1.86 bits per heavy atom. The summed E-state index contributed by atoms with van der Waals surface area (Å²) in [6, 6.07) is 23.4. The van der Waals surface area contributed by atoms with Crippen LogP contribution < -0.4 is 9.80 Å². The predicted molar refractivity (Wildman–Crippen MR) is 118 cm³/mol. The first-order valence-corrected chi connectivity index (χ1v) is 10.4. The van der Waals surface area contributed by atoms with Gasteiger partial charge in [0.1, 0.15) is 0 Å². The van der Waals surface area contributed by atoms with E-state index in [9.17, 15) is 9.90 Å². The van der Waals surface area contributed by atoms with Crippen molar-refractivity contribution in [1.29, 1.82) is 0 Å². The molecule has 3 aromatic rings. The molecule has 1 heterocycles. The summed E-state index contributed by atoms with van der Waals surface area (Å²) in [4.78, 5) is 16.7. The van der Waals surface area contributed by atoms with Crippen molar-refractivity contribution in [3.05, 3.63) is 93.4 Å². The van der Waals surface area contributed by atoms with E-state index < -0.39 is 11.8 Å². The number of halogens is 2. The van der Waals surface area contributed by atoms with Crippen LogP contribution in [-0.2, 0) is 5.72 Å². The Bertz CT molecular complexity index is 993. The van der Waals surface area contributed by atoms with E-state index in [4.69, 9.17) is 0 Å². The lowest BCUT2D eigenvalue weighted by atomic mass is 9.94. The summed E-state index contributed by atoms with van der Waals surface area (Å²) in [5.41, 5.74) is 0.512. The van der Waals surface area contributed by atoms with Crippen LogP contribution in [0.2, 0.25) is 0 Å². The van der Waals surface area contributed by atoms with Gasteiger partial charge in [-0.15, -0.1) is 0 Å². The molecule has 0 radical (unpaired) electrons. The highest BCUT2D eigenvalue weighted by Crippen LogP contribution is 2.44. The van der Waals surface area contributed by atoms with Gasteiger partial charge in [-0.05, 0) is 55.5 Å². The second-order valence-electron chi connectivity index (χ2n) is 6.71. The standard InChI is InChI=1S/C22H18Br2N2O2/c1-15-22(28,16-5-3-2-4-6-16)26(20-13-9-18(24)10-14-20)21(27)25(15)19-11-7-17(23)8-12-19/h2-15,28H,1H3. The lowest BCUT2D eigenvalue weighted by molar-refractivity contribution is 0.0372. The molecule has 1 N–H and O–H groups in total. The monoisotopic (exact) mass is 500 g/mol. The fraction of sp³-hybridized carbons (Fsp3) is 0.136. The first-order chi connectivity index (χ1) is 13.4. The van der Waals surface area contributed by atoms with Crippen LogP contribution in [0.1, 0.15) is 12.5 Å². The molecular formula is C22H18Br2N2O2. The SMILES string of the molecule is CC1N(c2ccc(Br)cc2)C(=O)N(c2ccc(Br)cc2)C1(O)c1ccccc1. The largest absolute Gasteiger partial charge is 0.365 e. The van der Waals surface area contributed by atoms with Crippen LogP contribution >= 0.6 is 31.9 Å². The Hall–Kier alpha value is -2.15. The van der Waals surface area contributed by atoms with Gasteiger partial charge in [0.2, 0.25) is 0 Å². The van der Waals surface area contributed by atoms with Gasteiger partial charge in [0.25, 0.3) is 0 Å². The van der Waals surface area contributed by atoms with Gasteiger partial charge in [0, 0.05) is 25.9 Å². The van der Waals surface area contributed by atoms with Gasteiger partial charge in [-0.1, -0.05) is 62.2 Å². The number of urea groups is 1. The molecule has 4 nitrogen and oxygen atoms in total. The normalized spacial score (nSPS) is 22.0. The molecule has 0 spiro atoms. The second-order valence-corrected chi connectivity index (χ2v) is 8.54. The Morgan fingerprint density at radius 1 is 0.821 bits per heavy atom. The average molecular weight is 502 g/mol. The molecule has 0 aromatic heterocycles. The molecule has 1 aliphatic rings. The molecular weight excluding hydrogens is 484 g/mol. The highest BCUT2D eigenvalue weighted by Gasteiger charge is 2.56. The van der Waals surface area contributed by atoms with Crippen LogP contribution in [-0.4, -0.2) is 17.2 Å². The molecule has 0 saturated carbocycles.